The number of anilines is 1. The summed E-state index contributed by atoms with van der Waals surface area (Å²) in [5, 5.41) is 0. The number of ether oxygens (including phenoxy) is 1. The fourth-order valence-corrected chi connectivity index (χ4v) is 3.82. The third-order valence-corrected chi connectivity index (χ3v) is 5.14. The molecule has 0 aliphatic carbocycles. The van der Waals surface area contributed by atoms with Crippen molar-refractivity contribution in [1.29, 1.82) is 0 Å². The topological polar surface area (TPSA) is 46.6 Å². The number of aryl methyl sites for hydroxylation is 1. The molecule has 1 heterocycles. The van der Waals surface area contributed by atoms with Gasteiger partial charge in [-0.1, -0.05) is 55.2 Å². The van der Waals surface area contributed by atoms with Crippen LogP contribution in [0.1, 0.15) is 25.0 Å². The van der Waals surface area contributed by atoms with E-state index in [1.165, 1.54) is 24.2 Å². The summed E-state index contributed by atoms with van der Waals surface area (Å²) in [7, 11) is 0. The second kappa shape index (κ2) is 7.85. The molecule has 0 atom stereocenters. The van der Waals surface area contributed by atoms with Crippen molar-refractivity contribution in [2.45, 2.75) is 20.3 Å². The van der Waals surface area contributed by atoms with E-state index in [0.29, 0.717) is 15.0 Å². The number of amides is 1. The first-order valence-electron chi connectivity index (χ1n) is 8.13. The highest BCUT2D eigenvalue weighted by molar-refractivity contribution is 8.27. The summed E-state index contributed by atoms with van der Waals surface area (Å²) in [5.74, 6) is -0.0285. The Morgan fingerprint density at radius 3 is 2.38 bits per heavy atom. The Hall–Kier alpha value is -2.44. The lowest BCUT2D eigenvalue weighted by atomic mass is 10.1. The molecule has 0 spiro atoms. The first kappa shape index (κ1) is 18.4. The van der Waals surface area contributed by atoms with E-state index in [4.69, 9.17) is 17.0 Å². The van der Waals surface area contributed by atoms with Gasteiger partial charge in [0.2, 0.25) is 0 Å². The molecule has 0 radical (unpaired) electrons. The number of carbonyl (C=O) groups is 2. The average molecular weight is 383 g/mol. The average Bonchev–Trinajstić information content (AvgIpc) is 2.90. The summed E-state index contributed by atoms with van der Waals surface area (Å²) in [6.45, 7) is 3.44. The zero-order chi connectivity index (χ0) is 18.7. The van der Waals surface area contributed by atoms with Crippen molar-refractivity contribution >= 4 is 51.9 Å². The maximum Gasteiger partial charge on any atom is 0.308 e. The van der Waals surface area contributed by atoms with E-state index in [2.05, 4.69) is 6.92 Å². The number of esters is 1. The molecule has 1 aliphatic heterocycles. The molecule has 2 aromatic rings. The van der Waals surface area contributed by atoms with E-state index in [-0.39, 0.29) is 11.9 Å². The largest absolute Gasteiger partial charge is 0.427 e. The molecule has 4 nitrogen and oxygen atoms in total. The Morgan fingerprint density at radius 2 is 1.81 bits per heavy atom. The van der Waals surface area contributed by atoms with Crippen molar-refractivity contribution in [3.05, 3.63) is 64.6 Å². The highest BCUT2D eigenvalue weighted by Crippen LogP contribution is 2.36. The van der Waals surface area contributed by atoms with Crippen LogP contribution in [0, 0.1) is 0 Å². The van der Waals surface area contributed by atoms with Gasteiger partial charge >= 0.3 is 5.97 Å². The quantitative estimate of drug-likeness (QED) is 0.335. The molecule has 0 aromatic heterocycles. The molecule has 0 bridgehead atoms. The lowest BCUT2D eigenvalue weighted by Gasteiger charge is -2.14. The maximum atomic E-state index is 12.8. The summed E-state index contributed by atoms with van der Waals surface area (Å²) in [4.78, 5) is 25.9. The lowest BCUT2D eigenvalue weighted by molar-refractivity contribution is -0.131. The molecule has 2 aromatic carbocycles. The number of benzene rings is 2. The van der Waals surface area contributed by atoms with Crippen LogP contribution < -0.4 is 9.64 Å². The highest BCUT2D eigenvalue weighted by Gasteiger charge is 2.33. The molecule has 1 saturated heterocycles. The molecular weight excluding hydrogens is 366 g/mol. The summed E-state index contributed by atoms with van der Waals surface area (Å²) in [6, 6.07) is 14.8. The van der Waals surface area contributed by atoms with E-state index in [1.54, 1.807) is 35.2 Å². The van der Waals surface area contributed by atoms with Crippen LogP contribution in [0.3, 0.4) is 0 Å². The predicted molar refractivity (Wildman–Crippen MR) is 109 cm³/mol. The minimum absolute atomic E-state index is 0.131. The number of thiocarbonyl (C=S) groups is 1. The van der Waals surface area contributed by atoms with Crippen LogP contribution in [0.2, 0.25) is 0 Å². The van der Waals surface area contributed by atoms with Crippen LogP contribution in [0.15, 0.2) is 53.4 Å². The molecule has 1 aliphatic rings. The first-order valence-corrected chi connectivity index (χ1v) is 9.36. The maximum absolute atomic E-state index is 12.8. The molecule has 0 saturated carbocycles. The van der Waals surface area contributed by atoms with E-state index < -0.39 is 0 Å². The van der Waals surface area contributed by atoms with Gasteiger partial charge in [0.1, 0.15) is 5.75 Å². The van der Waals surface area contributed by atoms with Crippen LogP contribution in [0.4, 0.5) is 5.69 Å². The summed E-state index contributed by atoms with van der Waals surface area (Å²) >= 11 is 6.67. The molecule has 6 heteroatoms. The SMILES string of the molecule is CCc1ccc(N2C(=O)C(=Cc3ccc(OC(C)=O)cc3)SC2=S)cc1. The Kier molecular flexibility index (Phi) is 5.54. The minimum atomic E-state index is -0.368. The summed E-state index contributed by atoms with van der Waals surface area (Å²) in [5.41, 5.74) is 2.82. The molecule has 0 unspecified atom stereocenters. The van der Waals surface area contributed by atoms with Gasteiger partial charge in [0, 0.05) is 6.92 Å². The third-order valence-electron chi connectivity index (χ3n) is 3.84. The van der Waals surface area contributed by atoms with Crippen molar-refractivity contribution in [3.63, 3.8) is 0 Å². The van der Waals surface area contributed by atoms with Gasteiger partial charge in [-0.05, 0) is 47.9 Å². The minimum Gasteiger partial charge on any atom is -0.427 e. The van der Waals surface area contributed by atoms with E-state index in [9.17, 15) is 9.59 Å². The standard InChI is InChI=1S/C20H17NO3S2/c1-3-14-4-8-16(9-5-14)21-19(23)18(26-20(21)25)12-15-6-10-17(11-7-15)24-13(2)22/h4-12H,3H2,1-2H3. The van der Waals surface area contributed by atoms with E-state index in [0.717, 1.165) is 17.7 Å². The van der Waals surface area contributed by atoms with Gasteiger partial charge in [0.15, 0.2) is 4.32 Å². The predicted octanol–water partition coefficient (Wildman–Crippen LogP) is 4.58. The van der Waals surface area contributed by atoms with Crippen LogP contribution in [0.25, 0.3) is 6.08 Å². The Morgan fingerprint density at radius 1 is 1.15 bits per heavy atom. The van der Waals surface area contributed by atoms with Gasteiger partial charge in [-0.2, -0.15) is 0 Å². The number of thioether (sulfide) groups is 1. The fourth-order valence-electron chi connectivity index (χ4n) is 2.52. The molecule has 0 N–H and O–H groups in total. The van der Waals surface area contributed by atoms with Crippen molar-refractivity contribution in [1.82, 2.24) is 0 Å². The second-order valence-electron chi connectivity index (χ2n) is 5.70. The van der Waals surface area contributed by atoms with Crippen LogP contribution in [-0.4, -0.2) is 16.2 Å². The highest BCUT2D eigenvalue weighted by atomic mass is 32.2. The van der Waals surface area contributed by atoms with Gasteiger partial charge in [-0.3, -0.25) is 14.5 Å². The van der Waals surface area contributed by atoms with Gasteiger partial charge < -0.3 is 4.74 Å². The summed E-state index contributed by atoms with van der Waals surface area (Å²) in [6.07, 6.45) is 2.74. The number of carbonyl (C=O) groups excluding carboxylic acids is 2. The summed E-state index contributed by atoms with van der Waals surface area (Å²) < 4.78 is 5.53. The second-order valence-corrected chi connectivity index (χ2v) is 7.38. The van der Waals surface area contributed by atoms with Crippen LogP contribution >= 0.6 is 24.0 Å². The zero-order valence-electron chi connectivity index (χ0n) is 14.4. The number of hydrogen-bond acceptors (Lipinski definition) is 5. The number of rotatable bonds is 4. The number of nitrogens with zero attached hydrogens (tertiary/aromatic N) is 1. The lowest BCUT2D eigenvalue weighted by Crippen LogP contribution is -2.27. The van der Waals surface area contributed by atoms with Gasteiger partial charge in [0.25, 0.3) is 5.91 Å². The Labute approximate surface area is 161 Å². The molecule has 1 amide bonds. The van der Waals surface area contributed by atoms with Crippen molar-refractivity contribution in [2.24, 2.45) is 0 Å². The van der Waals surface area contributed by atoms with Crippen LogP contribution in [0.5, 0.6) is 5.75 Å². The normalized spacial score (nSPS) is 15.6. The number of hydrogen-bond donors (Lipinski definition) is 0. The Balaban J connectivity index is 1.81. The molecule has 1 fully saturated rings. The fraction of sp³-hybridized carbons (Fsp3) is 0.150. The van der Waals surface area contributed by atoms with Gasteiger partial charge in [-0.15, -0.1) is 0 Å². The Bertz CT molecular complexity index is 886. The molecule has 26 heavy (non-hydrogen) atoms. The molecule has 3 rings (SSSR count). The molecule has 132 valence electrons. The van der Waals surface area contributed by atoms with Crippen LogP contribution in [-0.2, 0) is 16.0 Å². The smallest absolute Gasteiger partial charge is 0.308 e. The van der Waals surface area contributed by atoms with Gasteiger partial charge in [-0.25, -0.2) is 0 Å². The van der Waals surface area contributed by atoms with Gasteiger partial charge in [0.05, 0.1) is 10.6 Å². The monoisotopic (exact) mass is 383 g/mol. The first-order chi connectivity index (χ1) is 12.5. The van der Waals surface area contributed by atoms with Crippen molar-refractivity contribution < 1.29 is 14.3 Å². The molecular formula is C20H17NO3S2. The third kappa shape index (κ3) is 4.03. The van der Waals surface area contributed by atoms with E-state index >= 15 is 0 Å². The zero-order valence-corrected chi connectivity index (χ0v) is 16.0. The van der Waals surface area contributed by atoms with E-state index in [1.807, 2.05) is 24.3 Å². The van der Waals surface area contributed by atoms with Crippen molar-refractivity contribution in [2.75, 3.05) is 4.90 Å². The van der Waals surface area contributed by atoms with Crippen molar-refractivity contribution in [3.8, 4) is 5.75 Å².